The molecule has 2 rings (SSSR count). The Labute approximate surface area is 117 Å². The van der Waals surface area contributed by atoms with Crippen LogP contribution in [0, 0.1) is 5.92 Å². The van der Waals surface area contributed by atoms with Crippen molar-refractivity contribution in [2.24, 2.45) is 11.7 Å². The van der Waals surface area contributed by atoms with Crippen molar-refractivity contribution < 1.29 is 10.0 Å². The quantitative estimate of drug-likeness (QED) is 0.477. The van der Waals surface area contributed by atoms with E-state index in [1.807, 2.05) is 36.0 Å². The number of urea groups is 1. The summed E-state index contributed by atoms with van der Waals surface area (Å²) in [5.74, 6) is 2.04. The number of nitrogens with zero attached hydrogens (tertiary/aromatic N) is 1. The molecule has 0 atom stereocenters. The number of hydrogen-bond donors (Lipinski definition) is 2. The zero-order chi connectivity index (χ0) is 13.7. The highest BCUT2D eigenvalue weighted by Crippen LogP contribution is 2.36. The molecule has 4 nitrogen and oxygen atoms in total. The number of hydroxylamine groups is 2. The van der Waals surface area contributed by atoms with Crippen LogP contribution >= 0.6 is 11.8 Å². The van der Waals surface area contributed by atoms with Crippen LogP contribution in [0.25, 0.3) is 6.08 Å². The lowest BCUT2D eigenvalue weighted by molar-refractivity contribution is -0.0286. The third-order valence-electron chi connectivity index (χ3n) is 2.92. The van der Waals surface area contributed by atoms with Crippen LogP contribution in [0.2, 0.25) is 0 Å². The summed E-state index contributed by atoms with van der Waals surface area (Å²) in [6.07, 6.45) is 6.33. The minimum Gasteiger partial charge on any atom is -0.350 e. The van der Waals surface area contributed by atoms with Gasteiger partial charge in [0, 0.05) is 10.6 Å². The molecule has 1 fully saturated rings. The molecule has 2 amide bonds. The maximum Gasteiger partial charge on any atom is 0.338 e. The van der Waals surface area contributed by atoms with Crippen molar-refractivity contribution in [1.29, 1.82) is 0 Å². The molecule has 3 N–H and O–H groups in total. The van der Waals surface area contributed by atoms with E-state index in [4.69, 9.17) is 10.9 Å². The Kier molecular flexibility index (Phi) is 4.87. The third-order valence-corrected chi connectivity index (χ3v) is 4.24. The zero-order valence-corrected chi connectivity index (χ0v) is 11.5. The number of carbonyl (C=O) groups excluding carboxylic acids is 1. The lowest BCUT2D eigenvalue weighted by Gasteiger charge is -2.08. The fourth-order valence-corrected chi connectivity index (χ4v) is 2.84. The van der Waals surface area contributed by atoms with Gasteiger partial charge in [0.15, 0.2) is 0 Å². The van der Waals surface area contributed by atoms with Gasteiger partial charge in [-0.05, 0) is 30.4 Å². The van der Waals surface area contributed by atoms with E-state index in [-0.39, 0.29) is 6.54 Å². The molecule has 19 heavy (non-hydrogen) atoms. The normalized spacial score (nSPS) is 14.8. The van der Waals surface area contributed by atoms with E-state index in [1.54, 1.807) is 6.08 Å². The third kappa shape index (κ3) is 4.61. The molecule has 0 heterocycles. The van der Waals surface area contributed by atoms with Crippen LogP contribution in [0.1, 0.15) is 18.4 Å². The average molecular weight is 278 g/mol. The lowest BCUT2D eigenvalue weighted by Crippen LogP contribution is -2.32. The number of amides is 2. The predicted molar refractivity (Wildman–Crippen MR) is 77.0 cm³/mol. The molecule has 1 aromatic rings. The van der Waals surface area contributed by atoms with Gasteiger partial charge in [-0.15, -0.1) is 11.8 Å². The molecule has 0 spiro atoms. The fourth-order valence-electron chi connectivity index (χ4n) is 1.61. The van der Waals surface area contributed by atoms with Crippen LogP contribution in [0.3, 0.4) is 0 Å². The smallest absolute Gasteiger partial charge is 0.338 e. The molecule has 5 heteroatoms. The maximum absolute atomic E-state index is 10.7. The minimum atomic E-state index is -0.846. The Hall–Kier alpha value is -1.46. The first-order valence-corrected chi connectivity index (χ1v) is 7.29. The summed E-state index contributed by atoms with van der Waals surface area (Å²) < 4.78 is 0. The van der Waals surface area contributed by atoms with Crippen LogP contribution < -0.4 is 5.73 Å². The predicted octanol–water partition coefficient (Wildman–Crippen LogP) is 2.97. The molecule has 0 aliphatic heterocycles. The number of hydrogen-bond acceptors (Lipinski definition) is 3. The van der Waals surface area contributed by atoms with Crippen molar-refractivity contribution >= 4 is 23.9 Å². The number of carbonyl (C=O) groups is 1. The van der Waals surface area contributed by atoms with Crippen molar-refractivity contribution in [3.63, 3.8) is 0 Å². The van der Waals surface area contributed by atoms with Crippen LogP contribution in [0.15, 0.2) is 35.2 Å². The first-order valence-electron chi connectivity index (χ1n) is 6.31. The molecule has 0 bridgehead atoms. The van der Waals surface area contributed by atoms with E-state index in [0.717, 1.165) is 17.2 Å². The Morgan fingerprint density at radius 3 is 2.89 bits per heavy atom. The fraction of sp³-hybridized carbons (Fsp3) is 0.357. The molecule has 1 aliphatic carbocycles. The van der Waals surface area contributed by atoms with Crippen molar-refractivity contribution in [3.8, 4) is 0 Å². The van der Waals surface area contributed by atoms with Gasteiger partial charge < -0.3 is 5.73 Å². The van der Waals surface area contributed by atoms with Gasteiger partial charge in [-0.3, -0.25) is 5.21 Å². The summed E-state index contributed by atoms with van der Waals surface area (Å²) in [6.45, 7) is 0.0942. The monoisotopic (exact) mass is 278 g/mol. The van der Waals surface area contributed by atoms with Crippen LogP contribution in [-0.2, 0) is 0 Å². The maximum atomic E-state index is 10.7. The van der Waals surface area contributed by atoms with Gasteiger partial charge >= 0.3 is 6.03 Å². The molecule has 1 saturated carbocycles. The van der Waals surface area contributed by atoms with E-state index in [9.17, 15) is 4.79 Å². The second kappa shape index (κ2) is 6.63. The molecule has 1 aromatic carbocycles. The number of nitrogens with two attached hydrogens (primary N) is 1. The first-order chi connectivity index (χ1) is 9.16. The van der Waals surface area contributed by atoms with Gasteiger partial charge in [0.2, 0.25) is 0 Å². The summed E-state index contributed by atoms with van der Waals surface area (Å²) in [7, 11) is 0. The average Bonchev–Trinajstić information content (AvgIpc) is 3.21. The van der Waals surface area contributed by atoms with Crippen LogP contribution in [0.4, 0.5) is 4.79 Å². The van der Waals surface area contributed by atoms with Gasteiger partial charge in [0.25, 0.3) is 0 Å². The molecular formula is C14H18N2O2S. The van der Waals surface area contributed by atoms with E-state index in [2.05, 4.69) is 6.07 Å². The van der Waals surface area contributed by atoms with Crippen LogP contribution in [-0.4, -0.2) is 28.6 Å². The highest BCUT2D eigenvalue weighted by Gasteiger charge is 2.21. The van der Waals surface area contributed by atoms with E-state index in [1.165, 1.54) is 17.7 Å². The molecule has 0 radical (unpaired) electrons. The topological polar surface area (TPSA) is 66.6 Å². The Morgan fingerprint density at radius 1 is 1.47 bits per heavy atom. The second-order valence-electron chi connectivity index (χ2n) is 4.61. The summed E-state index contributed by atoms with van der Waals surface area (Å²) in [5, 5.41) is 9.64. The van der Waals surface area contributed by atoms with Crippen molar-refractivity contribution in [2.45, 2.75) is 17.7 Å². The number of primary amides is 1. The second-order valence-corrected chi connectivity index (χ2v) is 5.68. The highest BCUT2D eigenvalue weighted by atomic mass is 32.2. The van der Waals surface area contributed by atoms with Gasteiger partial charge in [-0.25, -0.2) is 9.86 Å². The summed E-state index contributed by atoms with van der Waals surface area (Å²) >= 11 is 1.86. The standard InChI is InChI=1S/C14H18N2O2S/c15-14(17)16(18)9-3-5-12-4-1-2-6-13(12)19-10-11-7-8-11/h1-6,11,18H,7-10H2,(H2,15,17). The van der Waals surface area contributed by atoms with Gasteiger partial charge in [-0.2, -0.15) is 0 Å². The Bertz CT molecular complexity index is 472. The Balaban J connectivity index is 1.94. The molecule has 0 unspecified atom stereocenters. The van der Waals surface area contributed by atoms with Crippen molar-refractivity contribution in [2.75, 3.05) is 12.3 Å². The molecule has 102 valence electrons. The minimum absolute atomic E-state index is 0.0942. The SMILES string of the molecule is NC(=O)N(O)CC=Cc1ccccc1SCC1CC1. The van der Waals surface area contributed by atoms with Crippen LogP contribution in [0.5, 0.6) is 0 Å². The molecule has 0 saturated heterocycles. The van der Waals surface area contributed by atoms with Gasteiger partial charge in [0.05, 0.1) is 6.54 Å². The lowest BCUT2D eigenvalue weighted by atomic mass is 10.2. The summed E-state index contributed by atoms with van der Waals surface area (Å²) in [4.78, 5) is 11.9. The van der Waals surface area contributed by atoms with Crippen molar-refractivity contribution in [3.05, 3.63) is 35.9 Å². The first kappa shape index (κ1) is 14.0. The largest absolute Gasteiger partial charge is 0.350 e. The molecule has 0 aromatic heterocycles. The zero-order valence-electron chi connectivity index (χ0n) is 10.7. The van der Waals surface area contributed by atoms with E-state index >= 15 is 0 Å². The molecule has 1 aliphatic rings. The number of rotatable bonds is 6. The van der Waals surface area contributed by atoms with Gasteiger partial charge in [0.1, 0.15) is 0 Å². The number of thioether (sulfide) groups is 1. The summed E-state index contributed by atoms with van der Waals surface area (Å²) in [6, 6.07) is 7.27. The molecular weight excluding hydrogens is 260 g/mol. The Morgan fingerprint density at radius 2 is 2.21 bits per heavy atom. The van der Waals surface area contributed by atoms with E-state index in [0.29, 0.717) is 5.06 Å². The summed E-state index contributed by atoms with van der Waals surface area (Å²) in [5.41, 5.74) is 6.04. The van der Waals surface area contributed by atoms with Gasteiger partial charge in [-0.1, -0.05) is 30.4 Å². The highest BCUT2D eigenvalue weighted by molar-refractivity contribution is 7.99. The van der Waals surface area contributed by atoms with E-state index < -0.39 is 6.03 Å². The number of benzene rings is 1. The van der Waals surface area contributed by atoms with Crippen molar-refractivity contribution in [1.82, 2.24) is 5.06 Å².